The number of aryl methyl sites for hydroxylation is 2. The molecule has 0 saturated carbocycles. The second-order valence-corrected chi connectivity index (χ2v) is 4.30. The number of hydrogen-bond donors (Lipinski definition) is 1. The van der Waals surface area contributed by atoms with Crippen LogP contribution in [0, 0.1) is 12.7 Å². The Morgan fingerprint density at radius 1 is 1.44 bits per heavy atom. The molecule has 1 unspecified atom stereocenters. The Morgan fingerprint density at radius 2 is 2.22 bits per heavy atom. The van der Waals surface area contributed by atoms with Gasteiger partial charge in [-0.05, 0) is 19.4 Å². The highest BCUT2D eigenvalue weighted by atomic mass is 19.1. The highest BCUT2D eigenvalue weighted by Crippen LogP contribution is 2.21. The van der Waals surface area contributed by atoms with Crippen LogP contribution in [0.15, 0.2) is 22.7 Å². The Hall–Kier alpha value is -1.75. The fraction of sp³-hybridized carbons (Fsp3) is 0.385. The maximum absolute atomic E-state index is 13.7. The Morgan fingerprint density at radius 3 is 2.94 bits per heavy atom. The smallest absolute Gasteiger partial charge is 0.226 e. The number of nitrogens with two attached hydrogens (primary N) is 1. The zero-order chi connectivity index (χ0) is 13.1. The molecule has 1 atom stereocenters. The van der Waals surface area contributed by atoms with Crippen LogP contribution in [0.2, 0.25) is 0 Å². The second kappa shape index (κ2) is 5.27. The molecule has 2 N–H and O–H groups in total. The molecule has 0 amide bonds. The fourth-order valence-electron chi connectivity index (χ4n) is 1.75. The standard InChI is InChI=1S/C13H16FN3O/c1-3-4-11-16-13(17-18-11)12(15)9-7-8(2)5-6-10(9)14/h5-7,12H,3-4,15H2,1-2H3. The number of hydrogen-bond acceptors (Lipinski definition) is 4. The first-order chi connectivity index (χ1) is 8.61. The van der Waals surface area contributed by atoms with Gasteiger partial charge in [0.1, 0.15) is 5.82 Å². The average molecular weight is 249 g/mol. The van der Waals surface area contributed by atoms with E-state index in [1.165, 1.54) is 6.07 Å². The molecule has 0 fully saturated rings. The Labute approximate surface area is 105 Å². The van der Waals surface area contributed by atoms with E-state index in [9.17, 15) is 4.39 Å². The molecule has 0 aliphatic carbocycles. The molecule has 4 nitrogen and oxygen atoms in total. The second-order valence-electron chi connectivity index (χ2n) is 4.30. The lowest BCUT2D eigenvalue weighted by Crippen LogP contribution is -2.15. The van der Waals surface area contributed by atoms with Crippen LogP contribution in [0.3, 0.4) is 0 Å². The van der Waals surface area contributed by atoms with E-state index in [0.717, 1.165) is 12.0 Å². The molecular weight excluding hydrogens is 233 g/mol. The molecule has 0 spiro atoms. The summed E-state index contributed by atoms with van der Waals surface area (Å²) >= 11 is 0. The van der Waals surface area contributed by atoms with Crippen LogP contribution in [0.25, 0.3) is 0 Å². The maximum atomic E-state index is 13.7. The molecule has 1 aromatic carbocycles. The van der Waals surface area contributed by atoms with Crippen molar-refractivity contribution in [3.05, 3.63) is 46.9 Å². The fourth-order valence-corrected chi connectivity index (χ4v) is 1.75. The van der Waals surface area contributed by atoms with E-state index < -0.39 is 6.04 Å². The lowest BCUT2D eigenvalue weighted by Gasteiger charge is -2.09. The molecule has 0 aliphatic rings. The van der Waals surface area contributed by atoms with Crippen molar-refractivity contribution in [3.8, 4) is 0 Å². The van der Waals surface area contributed by atoms with Crippen molar-refractivity contribution in [3.63, 3.8) is 0 Å². The third-order valence-electron chi connectivity index (χ3n) is 2.71. The van der Waals surface area contributed by atoms with Gasteiger partial charge >= 0.3 is 0 Å². The highest BCUT2D eigenvalue weighted by molar-refractivity contribution is 5.29. The molecule has 0 saturated heterocycles. The third kappa shape index (κ3) is 2.56. The lowest BCUT2D eigenvalue weighted by molar-refractivity contribution is 0.370. The topological polar surface area (TPSA) is 64.9 Å². The maximum Gasteiger partial charge on any atom is 0.226 e. The normalized spacial score (nSPS) is 12.7. The molecule has 2 aromatic rings. The van der Waals surface area contributed by atoms with Gasteiger partial charge in [-0.25, -0.2) is 4.39 Å². The van der Waals surface area contributed by atoms with Crippen LogP contribution in [-0.4, -0.2) is 10.1 Å². The highest BCUT2D eigenvalue weighted by Gasteiger charge is 2.19. The summed E-state index contributed by atoms with van der Waals surface area (Å²) < 4.78 is 18.7. The summed E-state index contributed by atoms with van der Waals surface area (Å²) in [5.74, 6) is 0.508. The SMILES string of the molecule is CCCc1nc(C(N)c2cc(C)ccc2F)no1. The van der Waals surface area contributed by atoms with Crippen molar-refractivity contribution in [2.24, 2.45) is 5.73 Å². The van der Waals surface area contributed by atoms with Gasteiger partial charge in [0.05, 0.1) is 6.04 Å². The first-order valence-electron chi connectivity index (χ1n) is 5.96. The van der Waals surface area contributed by atoms with Crippen LogP contribution in [0.1, 0.15) is 42.2 Å². The van der Waals surface area contributed by atoms with Crippen LogP contribution in [0.5, 0.6) is 0 Å². The molecular formula is C13H16FN3O. The van der Waals surface area contributed by atoms with E-state index in [-0.39, 0.29) is 5.82 Å². The predicted octanol–water partition coefficient (Wildman–Crippen LogP) is 2.52. The van der Waals surface area contributed by atoms with Crippen LogP contribution < -0.4 is 5.73 Å². The molecule has 0 aliphatic heterocycles. The van der Waals surface area contributed by atoms with E-state index in [4.69, 9.17) is 10.3 Å². The van der Waals surface area contributed by atoms with Crippen molar-refractivity contribution >= 4 is 0 Å². The molecule has 0 bridgehead atoms. The Balaban J connectivity index is 2.29. The van der Waals surface area contributed by atoms with Gasteiger partial charge in [-0.3, -0.25) is 0 Å². The molecule has 5 heteroatoms. The summed E-state index contributed by atoms with van der Waals surface area (Å²) in [6.07, 6.45) is 1.62. The van der Waals surface area contributed by atoms with Crippen molar-refractivity contribution in [1.29, 1.82) is 0 Å². The van der Waals surface area contributed by atoms with Gasteiger partial charge in [-0.1, -0.05) is 29.8 Å². The van der Waals surface area contributed by atoms with E-state index in [0.29, 0.717) is 23.7 Å². The molecule has 0 radical (unpaired) electrons. The minimum atomic E-state index is -0.695. The van der Waals surface area contributed by atoms with Crippen molar-refractivity contribution in [1.82, 2.24) is 10.1 Å². The Kier molecular flexibility index (Phi) is 3.72. The van der Waals surface area contributed by atoms with Crippen LogP contribution in [-0.2, 0) is 6.42 Å². The van der Waals surface area contributed by atoms with E-state index in [2.05, 4.69) is 10.1 Å². The van der Waals surface area contributed by atoms with Gasteiger partial charge in [0, 0.05) is 12.0 Å². The number of halogens is 1. The summed E-state index contributed by atoms with van der Waals surface area (Å²) in [6, 6.07) is 4.11. The minimum Gasteiger partial charge on any atom is -0.339 e. The average Bonchev–Trinajstić information content (AvgIpc) is 2.80. The van der Waals surface area contributed by atoms with Gasteiger partial charge in [-0.15, -0.1) is 0 Å². The zero-order valence-corrected chi connectivity index (χ0v) is 10.5. The van der Waals surface area contributed by atoms with Crippen molar-refractivity contribution in [2.75, 3.05) is 0 Å². The van der Waals surface area contributed by atoms with E-state index in [1.54, 1.807) is 12.1 Å². The predicted molar refractivity (Wildman–Crippen MR) is 65.5 cm³/mol. The van der Waals surface area contributed by atoms with Gasteiger partial charge in [0.15, 0.2) is 5.82 Å². The summed E-state index contributed by atoms with van der Waals surface area (Å²) in [6.45, 7) is 3.90. The van der Waals surface area contributed by atoms with Gasteiger partial charge in [-0.2, -0.15) is 4.98 Å². The summed E-state index contributed by atoms with van der Waals surface area (Å²) in [5.41, 5.74) is 7.30. The molecule has 2 rings (SSSR count). The number of aromatic nitrogens is 2. The lowest BCUT2D eigenvalue weighted by atomic mass is 10.0. The van der Waals surface area contributed by atoms with Crippen molar-refractivity contribution < 1.29 is 8.91 Å². The quantitative estimate of drug-likeness (QED) is 0.904. The number of nitrogens with zero attached hydrogens (tertiary/aromatic N) is 2. The number of benzene rings is 1. The number of rotatable bonds is 4. The molecule has 96 valence electrons. The summed E-state index contributed by atoms with van der Waals surface area (Å²) in [7, 11) is 0. The first kappa shape index (κ1) is 12.7. The summed E-state index contributed by atoms with van der Waals surface area (Å²) in [4.78, 5) is 4.18. The minimum absolute atomic E-state index is 0.322. The van der Waals surface area contributed by atoms with Gasteiger partial charge < -0.3 is 10.3 Å². The van der Waals surface area contributed by atoms with Crippen LogP contribution >= 0.6 is 0 Å². The molecule has 18 heavy (non-hydrogen) atoms. The third-order valence-corrected chi connectivity index (χ3v) is 2.71. The Bertz CT molecular complexity index is 539. The molecule has 1 aromatic heterocycles. The largest absolute Gasteiger partial charge is 0.339 e. The van der Waals surface area contributed by atoms with Gasteiger partial charge in [0.2, 0.25) is 5.89 Å². The zero-order valence-electron chi connectivity index (χ0n) is 10.5. The van der Waals surface area contributed by atoms with E-state index in [1.807, 2.05) is 13.8 Å². The monoisotopic (exact) mass is 249 g/mol. The van der Waals surface area contributed by atoms with Crippen LogP contribution in [0.4, 0.5) is 4.39 Å². The van der Waals surface area contributed by atoms with E-state index >= 15 is 0 Å². The van der Waals surface area contributed by atoms with Gasteiger partial charge in [0.25, 0.3) is 0 Å². The summed E-state index contributed by atoms with van der Waals surface area (Å²) in [5, 5.41) is 3.80. The van der Waals surface area contributed by atoms with Crippen molar-refractivity contribution in [2.45, 2.75) is 32.7 Å². The molecule has 1 heterocycles. The first-order valence-corrected chi connectivity index (χ1v) is 5.96.